The summed E-state index contributed by atoms with van der Waals surface area (Å²) in [5.74, 6) is 0.910. The minimum atomic E-state index is 0.532. The van der Waals surface area contributed by atoms with Gasteiger partial charge in [0.25, 0.3) is 0 Å². The van der Waals surface area contributed by atoms with Crippen molar-refractivity contribution in [3.8, 4) is 17.1 Å². The van der Waals surface area contributed by atoms with E-state index in [-0.39, 0.29) is 0 Å². The maximum absolute atomic E-state index is 5.72. The van der Waals surface area contributed by atoms with Gasteiger partial charge in [0.05, 0.1) is 0 Å². The molecule has 0 saturated carbocycles. The van der Waals surface area contributed by atoms with Crippen molar-refractivity contribution in [1.29, 1.82) is 0 Å². The Labute approximate surface area is 124 Å². The number of nitrogens with two attached hydrogens (primary N) is 1. The maximum Gasteiger partial charge on any atom is 0.144 e. The highest BCUT2D eigenvalue weighted by Crippen LogP contribution is 2.23. The Balaban J connectivity index is 2.09. The van der Waals surface area contributed by atoms with Gasteiger partial charge in [-0.2, -0.15) is 0 Å². The van der Waals surface area contributed by atoms with Gasteiger partial charge in [-0.1, -0.05) is 43.0 Å². The fourth-order valence-electron chi connectivity index (χ4n) is 2.36. The Morgan fingerprint density at radius 3 is 2.81 bits per heavy atom. The first kappa shape index (κ1) is 13.3. The summed E-state index contributed by atoms with van der Waals surface area (Å²) < 4.78 is 2.07. The molecule has 1 aromatic heterocycles. The molecule has 0 bridgehead atoms. The third-order valence-electron chi connectivity index (χ3n) is 3.45. The van der Waals surface area contributed by atoms with Gasteiger partial charge in [0.1, 0.15) is 5.82 Å². The predicted octanol–water partition coefficient (Wildman–Crippen LogP) is 3.64. The molecule has 2 N–H and O–H groups in total. The molecule has 2 aromatic carbocycles. The van der Waals surface area contributed by atoms with Gasteiger partial charge in [0.15, 0.2) is 0 Å². The smallest absolute Gasteiger partial charge is 0.144 e. The quantitative estimate of drug-likeness (QED) is 0.790. The summed E-state index contributed by atoms with van der Waals surface area (Å²) >= 11 is 0. The zero-order valence-corrected chi connectivity index (χ0v) is 11.7. The van der Waals surface area contributed by atoms with Crippen molar-refractivity contribution in [2.24, 2.45) is 5.73 Å². The van der Waals surface area contributed by atoms with Crippen molar-refractivity contribution in [1.82, 2.24) is 9.55 Å². The Bertz CT molecular complexity index is 771. The number of hydrogen-bond acceptors (Lipinski definition) is 2. The van der Waals surface area contributed by atoms with Crippen LogP contribution in [0.5, 0.6) is 0 Å². The lowest BCUT2D eigenvalue weighted by atomic mass is 10.1. The number of nitrogens with zero attached hydrogens (tertiary/aromatic N) is 2. The average Bonchev–Trinajstić information content (AvgIpc) is 3.04. The van der Waals surface area contributed by atoms with Crippen LogP contribution in [-0.4, -0.2) is 9.55 Å². The van der Waals surface area contributed by atoms with E-state index in [9.17, 15) is 0 Å². The summed E-state index contributed by atoms with van der Waals surface area (Å²) in [4.78, 5) is 4.49. The summed E-state index contributed by atoms with van der Waals surface area (Å²) in [6.45, 7) is 4.35. The van der Waals surface area contributed by atoms with Crippen LogP contribution in [0.2, 0.25) is 0 Å². The van der Waals surface area contributed by atoms with Gasteiger partial charge in [-0.25, -0.2) is 4.98 Å². The molecule has 0 amide bonds. The van der Waals surface area contributed by atoms with Crippen molar-refractivity contribution in [3.05, 3.63) is 78.6 Å². The van der Waals surface area contributed by atoms with E-state index in [1.165, 1.54) is 0 Å². The molecule has 3 heteroatoms. The van der Waals surface area contributed by atoms with Crippen LogP contribution in [0.15, 0.2) is 67.5 Å². The van der Waals surface area contributed by atoms with Crippen LogP contribution < -0.4 is 5.73 Å². The van der Waals surface area contributed by atoms with E-state index in [4.69, 9.17) is 5.73 Å². The van der Waals surface area contributed by atoms with Gasteiger partial charge in [-0.3, -0.25) is 4.57 Å². The minimum absolute atomic E-state index is 0.532. The van der Waals surface area contributed by atoms with Gasteiger partial charge < -0.3 is 5.73 Å². The monoisotopic (exact) mass is 275 g/mol. The van der Waals surface area contributed by atoms with Crippen LogP contribution in [0.25, 0.3) is 23.2 Å². The normalized spacial score (nSPS) is 10.5. The Hall–Kier alpha value is -2.65. The molecule has 21 heavy (non-hydrogen) atoms. The third kappa shape index (κ3) is 2.64. The fourth-order valence-corrected chi connectivity index (χ4v) is 2.36. The van der Waals surface area contributed by atoms with Crippen LogP contribution >= 0.6 is 0 Å². The first-order valence-electron chi connectivity index (χ1n) is 6.87. The minimum Gasteiger partial charge on any atom is -0.326 e. The lowest BCUT2D eigenvalue weighted by Gasteiger charge is -2.10. The topological polar surface area (TPSA) is 43.8 Å². The van der Waals surface area contributed by atoms with Gasteiger partial charge in [0, 0.05) is 30.2 Å². The van der Waals surface area contributed by atoms with Crippen molar-refractivity contribution < 1.29 is 0 Å². The van der Waals surface area contributed by atoms with E-state index >= 15 is 0 Å². The summed E-state index contributed by atoms with van der Waals surface area (Å²) in [6.07, 6.45) is 5.61. The lowest BCUT2D eigenvalue weighted by Crippen LogP contribution is -2.00. The second-order valence-corrected chi connectivity index (χ2v) is 4.82. The zero-order valence-electron chi connectivity index (χ0n) is 11.7. The summed E-state index contributed by atoms with van der Waals surface area (Å²) in [7, 11) is 0. The number of imidazole rings is 1. The van der Waals surface area contributed by atoms with E-state index in [0.29, 0.717) is 6.54 Å². The number of benzene rings is 2. The molecule has 0 fully saturated rings. The number of rotatable bonds is 4. The molecule has 104 valence electrons. The standard InChI is InChI=1S/C18H17N3/c1-2-14-5-3-7-16(11-14)18-20-9-10-21(18)17-8-4-6-15(12-17)13-19/h2-12H,1,13,19H2. The Morgan fingerprint density at radius 1 is 1.14 bits per heavy atom. The van der Waals surface area contributed by atoms with E-state index in [0.717, 1.165) is 28.2 Å². The zero-order chi connectivity index (χ0) is 14.7. The first-order chi connectivity index (χ1) is 10.3. The highest BCUT2D eigenvalue weighted by atomic mass is 15.1. The lowest BCUT2D eigenvalue weighted by molar-refractivity contribution is 1.03. The fraction of sp³-hybridized carbons (Fsp3) is 0.0556. The molecule has 0 unspecified atom stereocenters. The summed E-state index contributed by atoms with van der Waals surface area (Å²) in [6, 6.07) is 16.4. The van der Waals surface area contributed by atoms with E-state index in [2.05, 4.69) is 40.4 Å². The Morgan fingerprint density at radius 2 is 2.00 bits per heavy atom. The summed E-state index contributed by atoms with van der Waals surface area (Å²) in [5, 5.41) is 0. The highest BCUT2D eigenvalue weighted by Gasteiger charge is 2.08. The summed E-state index contributed by atoms with van der Waals surface area (Å²) in [5.41, 5.74) is 10.0. The second kappa shape index (κ2) is 5.77. The van der Waals surface area contributed by atoms with Crippen LogP contribution in [0.3, 0.4) is 0 Å². The molecule has 0 aliphatic rings. The average molecular weight is 275 g/mol. The molecule has 0 spiro atoms. The van der Waals surface area contributed by atoms with Crippen molar-refractivity contribution in [2.75, 3.05) is 0 Å². The number of aromatic nitrogens is 2. The maximum atomic E-state index is 5.72. The highest BCUT2D eigenvalue weighted by molar-refractivity contribution is 5.63. The van der Waals surface area contributed by atoms with Crippen molar-refractivity contribution in [2.45, 2.75) is 6.54 Å². The molecule has 3 nitrogen and oxygen atoms in total. The van der Waals surface area contributed by atoms with Gasteiger partial charge in [0.2, 0.25) is 0 Å². The molecule has 1 heterocycles. The molecule has 3 aromatic rings. The first-order valence-corrected chi connectivity index (χ1v) is 6.87. The molecule has 3 rings (SSSR count). The van der Waals surface area contributed by atoms with Crippen LogP contribution in [0, 0.1) is 0 Å². The third-order valence-corrected chi connectivity index (χ3v) is 3.45. The van der Waals surface area contributed by atoms with Crippen LogP contribution in [0.1, 0.15) is 11.1 Å². The Kier molecular flexibility index (Phi) is 3.67. The molecule has 0 aliphatic heterocycles. The van der Waals surface area contributed by atoms with Gasteiger partial charge in [-0.15, -0.1) is 0 Å². The van der Waals surface area contributed by atoms with E-state index in [1.54, 1.807) is 0 Å². The van der Waals surface area contributed by atoms with E-state index < -0.39 is 0 Å². The van der Waals surface area contributed by atoms with Crippen molar-refractivity contribution >= 4 is 6.08 Å². The molecule has 0 atom stereocenters. The molecular weight excluding hydrogens is 258 g/mol. The van der Waals surface area contributed by atoms with Crippen molar-refractivity contribution in [3.63, 3.8) is 0 Å². The number of hydrogen-bond donors (Lipinski definition) is 1. The van der Waals surface area contributed by atoms with Gasteiger partial charge in [-0.05, 0) is 29.3 Å². The van der Waals surface area contributed by atoms with Crippen LogP contribution in [0.4, 0.5) is 0 Å². The molecule has 0 radical (unpaired) electrons. The van der Waals surface area contributed by atoms with E-state index in [1.807, 2.05) is 42.7 Å². The molecular formula is C18H17N3. The molecule has 0 aliphatic carbocycles. The SMILES string of the molecule is C=Cc1cccc(-c2nccn2-c2cccc(CN)c2)c1. The van der Waals surface area contributed by atoms with Gasteiger partial charge >= 0.3 is 0 Å². The largest absolute Gasteiger partial charge is 0.326 e. The second-order valence-electron chi connectivity index (χ2n) is 4.82. The van der Waals surface area contributed by atoms with Crippen LogP contribution in [-0.2, 0) is 6.54 Å². The molecule has 0 saturated heterocycles. The predicted molar refractivity (Wildman–Crippen MR) is 87.0 cm³/mol.